The van der Waals surface area contributed by atoms with E-state index in [0.717, 1.165) is 5.56 Å². The number of rotatable bonds is 5. The number of fused-ring (bicyclic) bond motifs is 1. The number of benzene rings is 1. The summed E-state index contributed by atoms with van der Waals surface area (Å²) in [4.78, 5) is 24.4. The minimum Gasteiger partial charge on any atom is -0.491 e. The van der Waals surface area contributed by atoms with Crippen LogP contribution in [0.15, 0.2) is 24.3 Å². The third-order valence-corrected chi connectivity index (χ3v) is 3.63. The van der Waals surface area contributed by atoms with Gasteiger partial charge in [0.2, 0.25) is 0 Å². The van der Waals surface area contributed by atoms with Gasteiger partial charge in [-0.25, -0.2) is 9.59 Å². The van der Waals surface area contributed by atoms with Gasteiger partial charge in [-0.2, -0.15) is 0 Å². The molecular weight excluding hydrogens is 288 g/mol. The van der Waals surface area contributed by atoms with Crippen LogP contribution in [0, 0.1) is 6.92 Å². The third kappa shape index (κ3) is 2.91. The van der Waals surface area contributed by atoms with E-state index in [2.05, 4.69) is 16.0 Å². The zero-order chi connectivity index (χ0) is 15.7. The van der Waals surface area contributed by atoms with E-state index < -0.39 is 18.4 Å². The second kappa shape index (κ2) is 5.72. The average Bonchev–Trinajstić information content (AvgIpc) is 2.96. The number of aliphatic hydroxyl groups excluding tert-OH is 1. The van der Waals surface area contributed by atoms with Gasteiger partial charge in [0.05, 0.1) is 6.54 Å². The Bertz CT molecular complexity index is 577. The van der Waals surface area contributed by atoms with E-state index in [4.69, 9.17) is 4.74 Å². The number of β-amino-alcohol motifs (C(OH)–C–C–N with tert-alkyl or cyclic N) is 1. The number of carbonyl (C=O) groups excluding carboxylic acids is 2. The van der Waals surface area contributed by atoms with E-state index in [1.165, 1.54) is 4.90 Å². The Balaban J connectivity index is 1.53. The fraction of sp³-hybridized carbons (Fsp3) is 0.429. The number of aliphatic hydroxyl groups is 1. The zero-order valence-corrected chi connectivity index (χ0v) is 12.1. The number of aryl methyl sites for hydroxylation is 1. The number of carbonyl (C=O) groups is 2. The topological polar surface area (TPSA) is 103 Å². The molecule has 3 atom stereocenters. The SMILES string of the molecule is Cc1ccc(OC[C@@H](O)CN2C(=O)N[C@@H]3NC(=O)N[C@H]32)cc1. The van der Waals surface area contributed by atoms with Crippen LogP contribution in [0.25, 0.3) is 0 Å². The molecule has 0 radical (unpaired) electrons. The molecule has 1 aromatic carbocycles. The summed E-state index contributed by atoms with van der Waals surface area (Å²) in [6.45, 7) is 2.11. The fourth-order valence-electron chi connectivity index (χ4n) is 2.50. The number of nitrogens with one attached hydrogen (secondary N) is 3. The standard InChI is InChI=1S/C14H18N4O4/c1-8-2-4-10(5-3-8)22-7-9(19)6-18-12-11(16-14(18)21)15-13(20)17-12/h2-5,9,11-12,19H,6-7H2,1H3,(H,16,21)(H2,15,17,20)/t9-,11-,12-/m0/s1. The van der Waals surface area contributed by atoms with Gasteiger partial charge in [0, 0.05) is 0 Å². The van der Waals surface area contributed by atoms with Crippen LogP contribution in [-0.2, 0) is 0 Å². The molecule has 2 aliphatic rings. The molecule has 1 aromatic rings. The van der Waals surface area contributed by atoms with Crippen LogP contribution in [0.4, 0.5) is 9.59 Å². The third-order valence-electron chi connectivity index (χ3n) is 3.63. The van der Waals surface area contributed by atoms with E-state index in [9.17, 15) is 14.7 Å². The van der Waals surface area contributed by atoms with Crippen molar-refractivity contribution in [3.63, 3.8) is 0 Å². The Morgan fingerprint density at radius 2 is 1.95 bits per heavy atom. The van der Waals surface area contributed by atoms with Gasteiger partial charge >= 0.3 is 12.1 Å². The molecule has 2 saturated heterocycles. The van der Waals surface area contributed by atoms with Gasteiger partial charge in [0.25, 0.3) is 0 Å². The number of hydrogen-bond acceptors (Lipinski definition) is 4. The second-order valence-electron chi connectivity index (χ2n) is 5.42. The van der Waals surface area contributed by atoms with Gasteiger partial charge in [-0.1, -0.05) is 17.7 Å². The number of nitrogens with zero attached hydrogens (tertiary/aromatic N) is 1. The minimum atomic E-state index is -0.858. The molecule has 0 aromatic heterocycles. The second-order valence-corrected chi connectivity index (χ2v) is 5.42. The summed E-state index contributed by atoms with van der Waals surface area (Å²) in [6.07, 6.45) is -1.82. The Labute approximate surface area is 127 Å². The number of urea groups is 2. The van der Waals surface area contributed by atoms with E-state index in [-0.39, 0.29) is 25.2 Å². The molecule has 3 rings (SSSR count). The monoisotopic (exact) mass is 306 g/mol. The van der Waals surface area contributed by atoms with Crippen LogP contribution in [0.5, 0.6) is 5.75 Å². The molecule has 8 nitrogen and oxygen atoms in total. The van der Waals surface area contributed by atoms with Gasteiger partial charge in [-0.3, -0.25) is 4.90 Å². The van der Waals surface area contributed by atoms with Crippen molar-refractivity contribution in [2.24, 2.45) is 0 Å². The lowest BCUT2D eigenvalue weighted by Crippen LogP contribution is -2.47. The molecule has 4 N–H and O–H groups in total. The van der Waals surface area contributed by atoms with Crippen LogP contribution in [0.3, 0.4) is 0 Å². The van der Waals surface area contributed by atoms with Crippen molar-refractivity contribution in [1.29, 1.82) is 0 Å². The molecule has 22 heavy (non-hydrogen) atoms. The highest BCUT2D eigenvalue weighted by atomic mass is 16.5. The van der Waals surface area contributed by atoms with Gasteiger partial charge < -0.3 is 25.8 Å². The Morgan fingerprint density at radius 3 is 2.68 bits per heavy atom. The average molecular weight is 306 g/mol. The van der Waals surface area contributed by atoms with Crippen molar-refractivity contribution in [3.05, 3.63) is 29.8 Å². The number of hydrogen-bond donors (Lipinski definition) is 4. The lowest BCUT2D eigenvalue weighted by atomic mass is 10.2. The predicted molar refractivity (Wildman–Crippen MR) is 77.2 cm³/mol. The highest BCUT2D eigenvalue weighted by Gasteiger charge is 2.45. The lowest BCUT2D eigenvalue weighted by Gasteiger charge is -2.24. The molecule has 2 aliphatic heterocycles. The highest BCUT2D eigenvalue weighted by Crippen LogP contribution is 2.15. The van der Waals surface area contributed by atoms with Gasteiger partial charge in [-0.15, -0.1) is 0 Å². The summed E-state index contributed by atoms with van der Waals surface area (Å²) >= 11 is 0. The van der Waals surface area contributed by atoms with Gasteiger partial charge in [0.15, 0.2) is 0 Å². The summed E-state index contributed by atoms with van der Waals surface area (Å²) in [5, 5.41) is 17.9. The first-order valence-corrected chi connectivity index (χ1v) is 7.04. The maximum Gasteiger partial charge on any atom is 0.321 e. The molecule has 2 fully saturated rings. The Kier molecular flexibility index (Phi) is 3.76. The number of ether oxygens (including phenoxy) is 1. The molecule has 0 aliphatic carbocycles. The van der Waals surface area contributed by atoms with Crippen LogP contribution in [-0.4, -0.2) is 53.7 Å². The van der Waals surface area contributed by atoms with E-state index in [0.29, 0.717) is 5.75 Å². The summed E-state index contributed by atoms with van der Waals surface area (Å²) in [5.74, 6) is 0.657. The van der Waals surface area contributed by atoms with Crippen LogP contribution in [0.1, 0.15) is 5.56 Å². The molecule has 118 valence electrons. The van der Waals surface area contributed by atoms with Gasteiger partial charge in [0.1, 0.15) is 30.8 Å². The normalized spacial score (nSPS) is 24.4. The summed E-state index contributed by atoms with van der Waals surface area (Å²) in [6, 6.07) is 6.80. The quantitative estimate of drug-likeness (QED) is 0.601. The summed E-state index contributed by atoms with van der Waals surface area (Å²) in [5.41, 5.74) is 1.12. The van der Waals surface area contributed by atoms with Gasteiger partial charge in [-0.05, 0) is 19.1 Å². The first-order chi connectivity index (χ1) is 10.5. The molecule has 0 bridgehead atoms. The maximum atomic E-state index is 11.8. The smallest absolute Gasteiger partial charge is 0.321 e. The van der Waals surface area contributed by atoms with Crippen molar-refractivity contribution in [1.82, 2.24) is 20.9 Å². The lowest BCUT2D eigenvalue weighted by molar-refractivity contribution is 0.0709. The van der Waals surface area contributed by atoms with Crippen molar-refractivity contribution in [2.75, 3.05) is 13.2 Å². The van der Waals surface area contributed by atoms with Crippen LogP contribution < -0.4 is 20.7 Å². The molecule has 0 saturated carbocycles. The number of amides is 4. The summed E-state index contributed by atoms with van der Waals surface area (Å²) < 4.78 is 5.49. The molecular formula is C14H18N4O4. The fourth-order valence-corrected chi connectivity index (χ4v) is 2.50. The molecule has 8 heteroatoms. The summed E-state index contributed by atoms with van der Waals surface area (Å²) in [7, 11) is 0. The Hall–Kier alpha value is -2.48. The van der Waals surface area contributed by atoms with Crippen molar-refractivity contribution in [3.8, 4) is 5.75 Å². The van der Waals surface area contributed by atoms with E-state index in [1.807, 2.05) is 31.2 Å². The van der Waals surface area contributed by atoms with Crippen molar-refractivity contribution >= 4 is 12.1 Å². The largest absolute Gasteiger partial charge is 0.491 e. The predicted octanol–water partition coefficient (Wildman–Crippen LogP) is -0.275. The van der Waals surface area contributed by atoms with Crippen LogP contribution in [0.2, 0.25) is 0 Å². The minimum absolute atomic E-state index is 0.0611. The van der Waals surface area contributed by atoms with E-state index >= 15 is 0 Å². The maximum absolute atomic E-state index is 11.8. The first kappa shape index (κ1) is 14.5. The molecule has 0 unspecified atom stereocenters. The molecule has 2 heterocycles. The molecule has 0 spiro atoms. The zero-order valence-electron chi connectivity index (χ0n) is 12.1. The highest BCUT2D eigenvalue weighted by molar-refractivity contribution is 5.84. The van der Waals surface area contributed by atoms with E-state index in [1.54, 1.807) is 0 Å². The van der Waals surface area contributed by atoms with Crippen molar-refractivity contribution in [2.45, 2.75) is 25.4 Å². The van der Waals surface area contributed by atoms with Crippen LogP contribution >= 0.6 is 0 Å². The molecule has 4 amide bonds. The Morgan fingerprint density at radius 1 is 1.23 bits per heavy atom. The first-order valence-electron chi connectivity index (χ1n) is 7.04. The van der Waals surface area contributed by atoms with Crippen molar-refractivity contribution < 1.29 is 19.4 Å².